The van der Waals surface area contributed by atoms with Crippen molar-refractivity contribution >= 4 is 35.3 Å². The SMILES string of the molecule is COC(=O)CC1(C(=O)OC)CC(CCCC/C=C/c2ccc(Cl)cc2-c2ccc(F)cc2)=NO1. The van der Waals surface area contributed by atoms with Crippen LogP contribution in [-0.4, -0.2) is 37.5 Å². The van der Waals surface area contributed by atoms with Gasteiger partial charge in [-0.25, -0.2) is 9.18 Å². The molecule has 2 aromatic carbocycles. The zero-order valence-corrected chi connectivity index (χ0v) is 19.9. The van der Waals surface area contributed by atoms with Gasteiger partial charge in [0.2, 0.25) is 5.60 Å². The number of benzene rings is 2. The smallest absolute Gasteiger partial charge is 0.354 e. The van der Waals surface area contributed by atoms with E-state index in [0.29, 0.717) is 11.4 Å². The first kappa shape index (κ1) is 25.4. The zero-order chi connectivity index (χ0) is 24.6. The lowest BCUT2D eigenvalue weighted by Gasteiger charge is -2.22. The van der Waals surface area contributed by atoms with E-state index in [9.17, 15) is 14.0 Å². The molecule has 1 aliphatic rings. The molecule has 2 aromatic rings. The number of allylic oxidation sites excluding steroid dienone is 1. The summed E-state index contributed by atoms with van der Waals surface area (Å²) in [5.74, 6) is -1.48. The molecule has 0 amide bonds. The lowest BCUT2D eigenvalue weighted by molar-refractivity contribution is -0.173. The minimum atomic E-state index is -1.44. The van der Waals surface area contributed by atoms with Gasteiger partial charge in [-0.2, -0.15) is 0 Å². The number of nitrogens with zero attached hydrogens (tertiary/aromatic N) is 1. The van der Waals surface area contributed by atoms with Gasteiger partial charge in [-0.1, -0.05) is 47.1 Å². The molecule has 1 unspecified atom stereocenters. The Balaban J connectivity index is 1.52. The topological polar surface area (TPSA) is 74.2 Å². The van der Waals surface area contributed by atoms with Gasteiger partial charge in [0.05, 0.1) is 26.4 Å². The number of halogens is 2. The number of carbonyl (C=O) groups excluding carboxylic acids is 2. The van der Waals surface area contributed by atoms with Crippen molar-refractivity contribution in [3.63, 3.8) is 0 Å². The van der Waals surface area contributed by atoms with Gasteiger partial charge in [-0.15, -0.1) is 0 Å². The molecule has 0 bridgehead atoms. The average molecular weight is 488 g/mol. The van der Waals surface area contributed by atoms with Crippen LogP contribution in [0, 0.1) is 5.82 Å². The largest absolute Gasteiger partial charge is 0.469 e. The summed E-state index contributed by atoms with van der Waals surface area (Å²) in [6.45, 7) is 0. The predicted octanol–water partition coefficient (Wildman–Crippen LogP) is 5.97. The third kappa shape index (κ3) is 6.44. The number of ether oxygens (including phenoxy) is 2. The number of methoxy groups -OCH3 is 2. The molecule has 0 saturated heterocycles. The van der Waals surface area contributed by atoms with Crippen LogP contribution in [0.15, 0.2) is 53.7 Å². The molecule has 0 aromatic heterocycles. The van der Waals surface area contributed by atoms with Gasteiger partial charge in [0.25, 0.3) is 0 Å². The van der Waals surface area contributed by atoms with Gasteiger partial charge >= 0.3 is 11.9 Å². The zero-order valence-electron chi connectivity index (χ0n) is 19.2. The summed E-state index contributed by atoms with van der Waals surface area (Å²) in [6, 6.07) is 12.0. The van der Waals surface area contributed by atoms with Gasteiger partial charge in [0.1, 0.15) is 5.82 Å². The van der Waals surface area contributed by atoms with E-state index in [4.69, 9.17) is 21.2 Å². The van der Waals surface area contributed by atoms with Gasteiger partial charge < -0.3 is 14.3 Å². The molecule has 1 heterocycles. The monoisotopic (exact) mass is 487 g/mol. The Morgan fingerprint density at radius 1 is 1.15 bits per heavy atom. The van der Waals surface area contributed by atoms with E-state index in [1.165, 1.54) is 26.4 Å². The lowest BCUT2D eigenvalue weighted by atomic mass is 9.92. The molecule has 0 fully saturated rings. The molecule has 34 heavy (non-hydrogen) atoms. The van der Waals surface area contributed by atoms with E-state index >= 15 is 0 Å². The van der Waals surface area contributed by atoms with E-state index < -0.39 is 17.5 Å². The van der Waals surface area contributed by atoms with Crippen LogP contribution in [0.4, 0.5) is 4.39 Å². The van der Waals surface area contributed by atoms with Crippen LogP contribution in [0.5, 0.6) is 0 Å². The van der Waals surface area contributed by atoms with Crippen molar-refractivity contribution in [2.75, 3.05) is 14.2 Å². The molecule has 6 nitrogen and oxygen atoms in total. The Labute approximate surface area is 203 Å². The van der Waals surface area contributed by atoms with Crippen molar-refractivity contribution in [3.05, 3.63) is 64.9 Å². The second-order valence-electron chi connectivity index (χ2n) is 8.05. The number of esters is 2. The van der Waals surface area contributed by atoms with E-state index in [1.807, 2.05) is 24.3 Å². The fraction of sp³-hybridized carbons (Fsp3) is 0.346. The highest BCUT2D eigenvalue weighted by Crippen LogP contribution is 2.32. The summed E-state index contributed by atoms with van der Waals surface area (Å²) in [5.41, 5.74) is 2.10. The number of rotatable bonds is 10. The quantitative estimate of drug-likeness (QED) is 0.305. The minimum Gasteiger partial charge on any atom is -0.469 e. The number of carbonyl (C=O) groups is 2. The van der Waals surface area contributed by atoms with E-state index in [-0.39, 0.29) is 18.7 Å². The fourth-order valence-electron chi connectivity index (χ4n) is 3.80. The van der Waals surface area contributed by atoms with Crippen LogP contribution in [0.1, 0.15) is 44.1 Å². The summed E-state index contributed by atoms with van der Waals surface area (Å²) in [4.78, 5) is 29.2. The van der Waals surface area contributed by atoms with Gasteiger partial charge in [0, 0.05) is 11.4 Å². The van der Waals surface area contributed by atoms with Crippen molar-refractivity contribution < 1.29 is 28.3 Å². The first-order valence-electron chi connectivity index (χ1n) is 11.0. The first-order chi connectivity index (χ1) is 16.4. The number of hydrogen-bond acceptors (Lipinski definition) is 6. The number of oxime groups is 1. The number of hydrogen-bond donors (Lipinski definition) is 0. The third-order valence-corrected chi connectivity index (χ3v) is 5.84. The maximum absolute atomic E-state index is 13.3. The van der Waals surface area contributed by atoms with Gasteiger partial charge in [0.15, 0.2) is 0 Å². The lowest BCUT2D eigenvalue weighted by Crippen LogP contribution is -2.42. The molecule has 0 saturated carbocycles. The summed E-state index contributed by atoms with van der Waals surface area (Å²) in [7, 11) is 2.50. The van der Waals surface area contributed by atoms with Gasteiger partial charge in [-0.3, -0.25) is 4.79 Å². The van der Waals surface area contributed by atoms with Crippen LogP contribution in [0.25, 0.3) is 17.2 Å². The summed E-state index contributed by atoms with van der Waals surface area (Å²) in [5, 5.41) is 4.64. The molecule has 0 radical (unpaired) electrons. The van der Waals surface area contributed by atoms with E-state index in [2.05, 4.69) is 16.0 Å². The standard InChI is InChI=1S/C26H27ClFNO5/c1-32-24(30)17-26(25(31)33-2)16-22(29-34-26)8-6-4-3-5-7-18-9-12-20(27)15-23(18)19-10-13-21(28)14-11-19/h5,7,9-15H,3-4,6,8,16-17H2,1-2H3/b7-5+. The highest BCUT2D eigenvalue weighted by atomic mass is 35.5. The Morgan fingerprint density at radius 2 is 1.91 bits per heavy atom. The van der Waals surface area contributed by atoms with Crippen molar-refractivity contribution in [3.8, 4) is 11.1 Å². The summed E-state index contributed by atoms with van der Waals surface area (Å²) in [6.07, 6.45) is 7.30. The normalized spacial score (nSPS) is 17.4. The Kier molecular flexibility index (Phi) is 8.82. The Bertz CT molecular complexity index is 1080. The second-order valence-corrected chi connectivity index (χ2v) is 8.49. The molecule has 1 atom stereocenters. The highest BCUT2D eigenvalue weighted by molar-refractivity contribution is 6.31. The Morgan fingerprint density at radius 3 is 2.62 bits per heavy atom. The van der Waals surface area contributed by atoms with E-state index in [0.717, 1.165) is 41.7 Å². The summed E-state index contributed by atoms with van der Waals surface area (Å²) >= 11 is 6.17. The maximum atomic E-state index is 13.3. The van der Waals surface area contributed by atoms with Crippen LogP contribution in [0.2, 0.25) is 5.02 Å². The van der Waals surface area contributed by atoms with Crippen LogP contribution >= 0.6 is 11.6 Å². The molecule has 1 aliphatic heterocycles. The van der Waals surface area contributed by atoms with Crippen LogP contribution < -0.4 is 0 Å². The highest BCUT2D eigenvalue weighted by Gasteiger charge is 2.49. The third-order valence-electron chi connectivity index (χ3n) is 5.61. The molecular weight excluding hydrogens is 461 g/mol. The molecule has 0 N–H and O–H groups in total. The van der Waals surface area contributed by atoms with Gasteiger partial charge in [-0.05, 0) is 66.6 Å². The summed E-state index contributed by atoms with van der Waals surface area (Å²) < 4.78 is 22.8. The molecule has 0 aliphatic carbocycles. The van der Waals surface area contributed by atoms with Crippen molar-refractivity contribution in [1.29, 1.82) is 0 Å². The van der Waals surface area contributed by atoms with E-state index in [1.54, 1.807) is 12.1 Å². The molecule has 180 valence electrons. The Hall–Kier alpha value is -3.19. The maximum Gasteiger partial charge on any atom is 0.354 e. The second kappa shape index (κ2) is 11.8. The average Bonchev–Trinajstić information content (AvgIpc) is 3.25. The molecule has 3 rings (SSSR count). The van der Waals surface area contributed by atoms with Crippen LogP contribution in [-0.2, 0) is 23.9 Å². The van der Waals surface area contributed by atoms with Crippen molar-refractivity contribution in [2.24, 2.45) is 5.16 Å². The fourth-order valence-corrected chi connectivity index (χ4v) is 3.97. The minimum absolute atomic E-state index is 0.205. The molecular formula is C26H27ClFNO5. The van der Waals surface area contributed by atoms with Crippen molar-refractivity contribution in [1.82, 2.24) is 0 Å². The van der Waals surface area contributed by atoms with Crippen molar-refractivity contribution in [2.45, 2.75) is 44.1 Å². The van der Waals surface area contributed by atoms with Crippen LogP contribution in [0.3, 0.4) is 0 Å². The first-order valence-corrected chi connectivity index (χ1v) is 11.4. The number of unbranched alkanes of at least 4 members (excludes halogenated alkanes) is 2. The molecule has 0 spiro atoms. The predicted molar refractivity (Wildman–Crippen MR) is 129 cm³/mol. The molecule has 8 heteroatoms.